The van der Waals surface area contributed by atoms with E-state index in [9.17, 15) is 18.0 Å². The van der Waals surface area contributed by atoms with E-state index in [4.69, 9.17) is 37.4 Å². The second-order valence-corrected chi connectivity index (χ2v) is 10.8. The number of fused-ring (bicyclic) bond motifs is 1. The number of carbonyl (C=O) groups excluding carboxylic acids is 2. The SMILES string of the molecule is CCOC(=O)c1ccc(NC(=O)c2ccc3c(c2)N(S(=O)(=O)c2cc(Cl)ccc2OC)CCCO3)cc1Cl. The molecule has 0 radical (unpaired) electrons. The van der Waals surface area contributed by atoms with Gasteiger partial charge in [0.1, 0.15) is 16.4 Å². The molecule has 0 saturated heterocycles. The fourth-order valence-corrected chi connectivity index (χ4v) is 6.06. The molecule has 1 aliphatic rings. The standard InChI is InChI=1S/C26H24Cl2N2O7S/c1-3-36-26(32)19-8-7-18(15-20(19)28)29-25(31)16-5-9-22-21(13-16)30(11-4-12-37-22)38(33,34)24-14-17(27)6-10-23(24)35-2/h5-10,13-15H,3-4,11-12H2,1-2H3,(H,29,31). The fraction of sp³-hybridized carbons (Fsp3) is 0.231. The van der Waals surface area contributed by atoms with Gasteiger partial charge in [-0.25, -0.2) is 13.2 Å². The second-order valence-electron chi connectivity index (χ2n) is 8.13. The Balaban J connectivity index is 1.67. The van der Waals surface area contributed by atoms with Crippen molar-refractivity contribution >= 4 is 56.5 Å². The molecule has 3 aromatic rings. The number of nitrogens with one attached hydrogen (secondary N) is 1. The molecule has 12 heteroatoms. The fourth-order valence-electron chi connectivity index (χ4n) is 3.88. The van der Waals surface area contributed by atoms with Gasteiger partial charge in [0.15, 0.2) is 0 Å². The maximum Gasteiger partial charge on any atom is 0.339 e. The summed E-state index contributed by atoms with van der Waals surface area (Å²) in [6.07, 6.45) is 0.420. The molecule has 4 rings (SSSR count). The monoisotopic (exact) mass is 578 g/mol. The van der Waals surface area contributed by atoms with Crippen LogP contribution in [-0.2, 0) is 14.8 Å². The van der Waals surface area contributed by atoms with E-state index in [1.807, 2.05) is 0 Å². The number of esters is 1. The molecule has 0 aliphatic carbocycles. The van der Waals surface area contributed by atoms with Crippen LogP contribution in [0.5, 0.6) is 11.5 Å². The van der Waals surface area contributed by atoms with Gasteiger partial charge >= 0.3 is 5.97 Å². The number of hydrogen-bond donors (Lipinski definition) is 1. The lowest BCUT2D eigenvalue weighted by Gasteiger charge is -2.25. The number of anilines is 2. The molecular formula is C26H24Cl2N2O7S. The van der Waals surface area contributed by atoms with Crippen molar-refractivity contribution in [3.8, 4) is 11.5 Å². The van der Waals surface area contributed by atoms with Gasteiger partial charge in [0.2, 0.25) is 0 Å². The van der Waals surface area contributed by atoms with Crippen molar-refractivity contribution in [3.63, 3.8) is 0 Å². The molecule has 1 amide bonds. The van der Waals surface area contributed by atoms with E-state index in [0.717, 1.165) is 0 Å². The van der Waals surface area contributed by atoms with E-state index >= 15 is 0 Å². The zero-order valence-corrected chi connectivity index (χ0v) is 22.8. The highest BCUT2D eigenvalue weighted by molar-refractivity contribution is 7.93. The van der Waals surface area contributed by atoms with Crippen molar-refractivity contribution in [2.75, 3.05) is 36.5 Å². The molecule has 1 aliphatic heterocycles. The summed E-state index contributed by atoms with van der Waals surface area (Å²) >= 11 is 12.3. The highest BCUT2D eigenvalue weighted by Gasteiger charge is 2.32. The van der Waals surface area contributed by atoms with Crippen LogP contribution in [0.25, 0.3) is 0 Å². The van der Waals surface area contributed by atoms with Crippen LogP contribution in [-0.4, -0.2) is 47.2 Å². The van der Waals surface area contributed by atoms with Gasteiger partial charge in [0.05, 0.1) is 36.6 Å². The summed E-state index contributed by atoms with van der Waals surface area (Å²) in [6.45, 7) is 2.29. The number of methoxy groups -OCH3 is 1. The van der Waals surface area contributed by atoms with Crippen LogP contribution >= 0.6 is 23.2 Å². The van der Waals surface area contributed by atoms with Crippen LogP contribution in [0.3, 0.4) is 0 Å². The van der Waals surface area contributed by atoms with Crippen molar-refractivity contribution in [1.82, 2.24) is 0 Å². The Morgan fingerprint density at radius 1 is 1.08 bits per heavy atom. The minimum Gasteiger partial charge on any atom is -0.495 e. The third kappa shape index (κ3) is 5.67. The van der Waals surface area contributed by atoms with Crippen LogP contribution < -0.4 is 19.1 Å². The molecule has 1 N–H and O–H groups in total. The molecule has 0 spiro atoms. The van der Waals surface area contributed by atoms with Crippen molar-refractivity contribution in [3.05, 3.63) is 75.8 Å². The average Bonchev–Trinajstić information content (AvgIpc) is 3.11. The van der Waals surface area contributed by atoms with E-state index in [1.54, 1.807) is 13.0 Å². The summed E-state index contributed by atoms with van der Waals surface area (Å²) in [5.41, 5.74) is 0.893. The molecule has 0 bridgehead atoms. The smallest absolute Gasteiger partial charge is 0.339 e. The van der Waals surface area contributed by atoms with E-state index in [2.05, 4.69) is 5.32 Å². The highest BCUT2D eigenvalue weighted by atomic mass is 35.5. The molecule has 9 nitrogen and oxygen atoms in total. The number of hydrogen-bond acceptors (Lipinski definition) is 7. The van der Waals surface area contributed by atoms with E-state index < -0.39 is 21.9 Å². The first kappa shape index (κ1) is 27.6. The number of benzene rings is 3. The minimum absolute atomic E-state index is 0.105. The maximum absolute atomic E-state index is 13.8. The third-order valence-corrected chi connectivity index (χ3v) is 8.05. The quantitative estimate of drug-likeness (QED) is 0.373. The molecule has 0 atom stereocenters. The van der Waals surface area contributed by atoms with E-state index in [0.29, 0.717) is 24.5 Å². The maximum atomic E-state index is 13.8. The average molecular weight is 579 g/mol. The first-order valence-corrected chi connectivity index (χ1v) is 13.8. The van der Waals surface area contributed by atoms with Crippen LogP contribution in [0.2, 0.25) is 10.0 Å². The minimum atomic E-state index is -4.14. The Bertz CT molecular complexity index is 1490. The van der Waals surface area contributed by atoms with E-state index in [-0.39, 0.29) is 50.7 Å². The molecule has 38 heavy (non-hydrogen) atoms. The summed E-state index contributed by atoms with van der Waals surface area (Å²) in [5, 5.41) is 3.06. The molecule has 1 heterocycles. The van der Waals surface area contributed by atoms with Crippen molar-refractivity contribution < 1.29 is 32.2 Å². The molecule has 0 fully saturated rings. The van der Waals surface area contributed by atoms with Crippen molar-refractivity contribution in [1.29, 1.82) is 0 Å². The molecule has 0 saturated carbocycles. The number of sulfonamides is 1. The first-order valence-electron chi connectivity index (χ1n) is 11.6. The predicted molar refractivity (Wildman–Crippen MR) is 144 cm³/mol. The summed E-state index contributed by atoms with van der Waals surface area (Å²) in [7, 11) is -2.77. The molecular weight excluding hydrogens is 555 g/mol. The van der Waals surface area contributed by atoms with Gasteiger partial charge in [-0.3, -0.25) is 9.10 Å². The lowest BCUT2D eigenvalue weighted by atomic mass is 10.1. The number of carbonyl (C=O) groups is 2. The van der Waals surface area contributed by atoms with Crippen LogP contribution in [0.4, 0.5) is 11.4 Å². The predicted octanol–water partition coefficient (Wildman–Crippen LogP) is 5.41. The number of halogens is 2. The molecule has 0 aromatic heterocycles. The van der Waals surface area contributed by atoms with Gasteiger partial charge in [0.25, 0.3) is 15.9 Å². The van der Waals surface area contributed by atoms with Gasteiger partial charge in [0, 0.05) is 29.2 Å². The van der Waals surface area contributed by atoms with Crippen molar-refractivity contribution in [2.45, 2.75) is 18.2 Å². The number of nitrogens with zero attached hydrogens (tertiary/aromatic N) is 1. The number of amides is 1. The Morgan fingerprint density at radius 3 is 2.58 bits per heavy atom. The first-order chi connectivity index (χ1) is 18.1. The summed E-state index contributed by atoms with van der Waals surface area (Å²) in [4.78, 5) is 25.0. The topological polar surface area (TPSA) is 111 Å². The lowest BCUT2D eigenvalue weighted by Crippen LogP contribution is -2.32. The normalized spacial score (nSPS) is 13.1. The van der Waals surface area contributed by atoms with E-state index in [1.165, 1.54) is 59.9 Å². The molecule has 200 valence electrons. The highest BCUT2D eigenvalue weighted by Crippen LogP contribution is 2.38. The Hall–Kier alpha value is -3.47. The Kier molecular flexibility index (Phi) is 8.35. The zero-order valence-electron chi connectivity index (χ0n) is 20.5. The summed E-state index contributed by atoms with van der Waals surface area (Å²) in [5.74, 6) is -0.642. The number of ether oxygens (including phenoxy) is 3. The van der Waals surface area contributed by atoms with Gasteiger partial charge in [-0.15, -0.1) is 0 Å². The molecule has 0 unspecified atom stereocenters. The van der Waals surface area contributed by atoms with Crippen LogP contribution in [0, 0.1) is 0 Å². The summed E-state index contributed by atoms with van der Waals surface area (Å²) < 4.78 is 44.7. The van der Waals surface area contributed by atoms with Gasteiger partial charge < -0.3 is 19.5 Å². The van der Waals surface area contributed by atoms with Crippen LogP contribution in [0.1, 0.15) is 34.1 Å². The number of rotatable bonds is 7. The van der Waals surface area contributed by atoms with Crippen molar-refractivity contribution in [2.24, 2.45) is 0 Å². The summed E-state index contributed by atoms with van der Waals surface area (Å²) in [6, 6.07) is 13.3. The second kappa shape index (κ2) is 11.5. The Labute approximate surface area is 230 Å². The molecule has 3 aromatic carbocycles. The van der Waals surface area contributed by atoms with Crippen LogP contribution in [0.15, 0.2) is 59.5 Å². The third-order valence-electron chi connectivity index (χ3n) is 5.67. The van der Waals surface area contributed by atoms with Gasteiger partial charge in [-0.1, -0.05) is 23.2 Å². The lowest BCUT2D eigenvalue weighted by molar-refractivity contribution is 0.0526. The Morgan fingerprint density at radius 2 is 1.87 bits per heavy atom. The van der Waals surface area contributed by atoms with Gasteiger partial charge in [-0.2, -0.15) is 0 Å². The largest absolute Gasteiger partial charge is 0.495 e. The van der Waals surface area contributed by atoms with Gasteiger partial charge in [-0.05, 0) is 61.5 Å². The zero-order chi connectivity index (χ0) is 27.4.